The number of anilines is 3. The van der Waals surface area contributed by atoms with E-state index in [0.717, 1.165) is 50.5 Å². The van der Waals surface area contributed by atoms with Gasteiger partial charge in [0, 0.05) is 63.9 Å². The number of benzene rings is 10. The molecule has 0 fully saturated rings. The first-order valence-corrected chi connectivity index (χ1v) is 25.1. The lowest BCUT2D eigenvalue weighted by molar-refractivity contribution is 0.632. The average molecular weight is 916 g/mol. The van der Waals surface area contributed by atoms with Crippen molar-refractivity contribution in [1.29, 1.82) is 0 Å². The summed E-state index contributed by atoms with van der Waals surface area (Å²) in [6, 6.07) is 91.1. The molecule has 4 heteroatoms. The molecule has 0 saturated carbocycles. The minimum absolute atomic E-state index is 0.495. The van der Waals surface area contributed by atoms with Gasteiger partial charge in [-0.15, -0.1) is 11.3 Å². The van der Waals surface area contributed by atoms with Gasteiger partial charge in [0.25, 0.3) is 0 Å². The number of fused-ring (bicyclic) bond motifs is 11. The van der Waals surface area contributed by atoms with Crippen molar-refractivity contribution in [2.24, 2.45) is 0 Å². The SMILES string of the molecule is c1ccc(-c2oc3ccccc3c2-c2ccc(N(c3ccc(-c4sc5ccccc5c4-c4ccccc4)cc3)c3ccc4c(c3)C3(c5ccccc5Sc5ccccc53)c3ccccc3-4)cc2)cc1. The Balaban J connectivity index is 0.966. The first kappa shape index (κ1) is 40.0. The highest BCUT2D eigenvalue weighted by Gasteiger charge is 2.50. The summed E-state index contributed by atoms with van der Waals surface area (Å²) < 4.78 is 7.91. The van der Waals surface area contributed by atoms with Crippen LogP contribution in [0.25, 0.3) is 76.2 Å². The molecule has 2 nitrogen and oxygen atoms in total. The molecule has 0 unspecified atom stereocenters. The van der Waals surface area contributed by atoms with Crippen molar-refractivity contribution < 1.29 is 4.42 Å². The van der Waals surface area contributed by atoms with Crippen molar-refractivity contribution in [2.75, 3.05) is 4.90 Å². The van der Waals surface area contributed by atoms with Gasteiger partial charge in [0.15, 0.2) is 0 Å². The summed E-state index contributed by atoms with van der Waals surface area (Å²) in [5.41, 5.74) is 18.5. The largest absolute Gasteiger partial charge is 0.455 e. The quantitative estimate of drug-likeness (QED) is 0.158. The van der Waals surface area contributed by atoms with Gasteiger partial charge in [-0.1, -0.05) is 200 Å². The highest BCUT2D eigenvalue weighted by molar-refractivity contribution is 7.99. The summed E-state index contributed by atoms with van der Waals surface area (Å²) >= 11 is 3.75. The Labute approximate surface area is 409 Å². The Morgan fingerprint density at radius 2 is 0.884 bits per heavy atom. The predicted octanol–water partition coefficient (Wildman–Crippen LogP) is 18.6. The minimum atomic E-state index is -0.495. The van der Waals surface area contributed by atoms with E-state index in [1.54, 1.807) is 0 Å². The van der Waals surface area contributed by atoms with Crippen molar-refractivity contribution >= 4 is 61.2 Å². The van der Waals surface area contributed by atoms with Crippen LogP contribution in [0.1, 0.15) is 22.3 Å². The standard InChI is InChI=1S/C65H41NOS2/c1-3-17-42(18-4-1)62-52-23-9-14-28-58(52)69-64(62)45-33-37-47(38-34-45)66(46-35-31-43(32-36-46)61-51-22-8-13-27-57(51)67-63(61)44-19-5-2-6-20-44)48-39-40-50-49-21-7-10-24-53(49)65(56(50)41-48)54-25-11-15-29-59(54)68-60-30-16-12-26-55(60)65/h1-41H. The molecule has 14 rings (SSSR count). The van der Waals surface area contributed by atoms with E-state index < -0.39 is 5.41 Å². The van der Waals surface area contributed by atoms with Gasteiger partial charge in [0.2, 0.25) is 0 Å². The lowest BCUT2D eigenvalue weighted by atomic mass is 9.67. The maximum atomic E-state index is 6.62. The van der Waals surface area contributed by atoms with E-state index in [-0.39, 0.29) is 0 Å². The molecule has 0 radical (unpaired) electrons. The van der Waals surface area contributed by atoms with E-state index in [4.69, 9.17) is 4.42 Å². The van der Waals surface area contributed by atoms with Crippen LogP contribution in [0, 0.1) is 0 Å². The molecular formula is C65H41NOS2. The van der Waals surface area contributed by atoms with E-state index in [9.17, 15) is 0 Å². The molecule has 12 aromatic rings. The molecule has 10 aromatic carbocycles. The van der Waals surface area contributed by atoms with Crippen LogP contribution < -0.4 is 4.90 Å². The van der Waals surface area contributed by atoms with Crippen molar-refractivity contribution in [2.45, 2.75) is 15.2 Å². The molecule has 324 valence electrons. The fourth-order valence-corrected chi connectivity index (χ4v) is 13.7. The number of para-hydroxylation sites is 1. The van der Waals surface area contributed by atoms with Crippen LogP contribution in [0.15, 0.2) is 263 Å². The fourth-order valence-electron chi connectivity index (χ4n) is 11.2. The van der Waals surface area contributed by atoms with Gasteiger partial charge in [-0.3, -0.25) is 0 Å². The zero-order valence-electron chi connectivity index (χ0n) is 37.3. The molecule has 2 aromatic heterocycles. The van der Waals surface area contributed by atoms with E-state index in [1.165, 1.54) is 74.8 Å². The third-order valence-corrected chi connectivity index (χ3v) is 16.6. The van der Waals surface area contributed by atoms with Crippen LogP contribution in [0.2, 0.25) is 0 Å². The van der Waals surface area contributed by atoms with E-state index in [1.807, 2.05) is 29.2 Å². The lowest BCUT2D eigenvalue weighted by Crippen LogP contribution is -2.32. The van der Waals surface area contributed by atoms with E-state index in [2.05, 4.69) is 248 Å². The summed E-state index contributed by atoms with van der Waals surface area (Å²) in [4.78, 5) is 6.31. The molecule has 3 heterocycles. The van der Waals surface area contributed by atoms with Crippen LogP contribution in [-0.4, -0.2) is 0 Å². The molecule has 69 heavy (non-hydrogen) atoms. The van der Waals surface area contributed by atoms with Gasteiger partial charge in [-0.2, -0.15) is 0 Å². The molecule has 1 aliphatic heterocycles. The normalized spacial score (nSPS) is 13.0. The molecule has 1 aliphatic carbocycles. The Kier molecular flexibility index (Phi) is 9.26. The number of hydrogen-bond acceptors (Lipinski definition) is 4. The second-order valence-electron chi connectivity index (χ2n) is 17.9. The smallest absolute Gasteiger partial charge is 0.143 e. The van der Waals surface area contributed by atoms with Crippen LogP contribution in [0.5, 0.6) is 0 Å². The second-order valence-corrected chi connectivity index (χ2v) is 20.0. The summed E-state index contributed by atoms with van der Waals surface area (Å²) in [6.07, 6.45) is 0. The Morgan fingerprint density at radius 3 is 1.59 bits per heavy atom. The van der Waals surface area contributed by atoms with Crippen molar-refractivity contribution in [1.82, 2.24) is 0 Å². The summed E-state index contributed by atoms with van der Waals surface area (Å²) in [5, 5.41) is 2.38. The molecule has 0 N–H and O–H groups in total. The molecule has 0 atom stereocenters. The summed E-state index contributed by atoms with van der Waals surface area (Å²) in [7, 11) is 0. The molecule has 0 amide bonds. The third-order valence-electron chi connectivity index (χ3n) is 14.2. The second kappa shape index (κ2) is 16.0. The van der Waals surface area contributed by atoms with Crippen LogP contribution in [0.4, 0.5) is 17.1 Å². The first-order valence-electron chi connectivity index (χ1n) is 23.5. The van der Waals surface area contributed by atoms with Crippen molar-refractivity contribution in [3.63, 3.8) is 0 Å². The average Bonchev–Trinajstić information content (AvgIpc) is 4.09. The summed E-state index contributed by atoms with van der Waals surface area (Å²) in [6.45, 7) is 0. The number of nitrogens with zero attached hydrogens (tertiary/aromatic N) is 1. The van der Waals surface area contributed by atoms with Gasteiger partial charge in [0.05, 0.1) is 5.41 Å². The van der Waals surface area contributed by atoms with Gasteiger partial charge in [-0.25, -0.2) is 0 Å². The van der Waals surface area contributed by atoms with Gasteiger partial charge < -0.3 is 9.32 Å². The van der Waals surface area contributed by atoms with E-state index >= 15 is 0 Å². The zero-order valence-corrected chi connectivity index (χ0v) is 39.0. The number of furan rings is 1. The monoisotopic (exact) mass is 915 g/mol. The van der Waals surface area contributed by atoms with Gasteiger partial charge in [-0.05, 0) is 111 Å². The third kappa shape index (κ3) is 6.19. The van der Waals surface area contributed by atoms with Gasteiger partial charge in [0.1, 0.15) is 11.3 Å². The highest BCUT2D eigenvalue weighted by Crippen LogP contribution is 2.63. The molecular weight excluding hydrogens is 875 g/mol. The summed E-state index contributed by atoms with van der Waals surface area (Å²) in [5.74, 6) is 0.878. The maximum absolute atomic E-state index is 6.62. The zero-order chi connectivity index (χ0) is 45.5. The highest BCUT2D eigenvalue weighted by atomic mass is 32.2. The minimum Gasteiger partial charge on any atom is -0.455 e. The van der Waals surface area contributed by atoms with Crippen LogP contribution in [-0.2, 0) is 5.41 Å². The van der Waals surface area contributed by atoms with Crippen LogP contribution >= 0.6 is 23.1 Å². The molecule has 0 bridgehead atoms. The number of thiophene rings is 1. The maximum Gasteiger partial charge on any atom is 0.143 e. The molecule has 0 saturated heterocycles. The lowest BCUT2D eigenvalue weighted by Gasteiger charge is -2.40. The molecule has 2 aliphatic rings. The Morgan fingerprint density at radius 1 is 0.362 bits per heavy atom. The Bertz CT molecular complexity index is 3880. The van der Waals surface area contributed by atoms with Gasteiger partial charge >= 0.3 is 0 Å². The predicted molar refractivity (Wildman–Crippen MR) is 289 cm³/mol. The van der Waals surface area contributed by atoms with Crippen molar-refractivity contribution in [3.05, 3.63) is 271 Å². The molecule has 1 spiro atoms. The topological polar surface area (TPSA) is 16.4 Å². The fraction of sp³-hybridized carbons (Fsp3) is 0.0154. The Hall–Kier alpha value is -8.15. The van der Waals surface area contributed by atoms with Crippen molar-refractivity contribution in [3.8, 4) is 55.1 Å². The van der Waals surface area contributed by atoms with E-state index in [0.29, 0.717) is 0 Å². The first-order chi connectivity index (χ1) is 34.2. The van der Waals surface area contributed by atoms with Crippen LogP contribution in [0.3, 0.4) is 0 Å². The number of rotatable bonds is 7. The number of hydrogen-bond donors (Lipinski definition) is 0.